The van der Waals surface area contributed by atoms with E-state index in [1.54, 1.807) is 18.2 Å². The number of hydrogen-bond acceptors (Lipinski definition) is 4. The Labute approximate surface area is 214 Å². The van der Waals surface area contributed by atoms with Crippen LogP contribution in [0.25, 0.3) is 22.8 Å². The third-order valence-electron chi connectivity index (χ3n) is 7.87. The predicted molar refractivity (Wildman–Crippen MR) is 140 cm³/mol. The van der Waals surface area contributed by atoms with Gasteiger partial charge in [-0.25, -0.2) is 8.78 Å². The number of aliphatic hydroxyl groups is 1. The third-order valence-corrected chi connectivity index (χ3v) is 7.87. The maximum absolute atomic E-state index is 14.7. The lowest BCUT2D eigenvalue weighted by Crippen LogP contribution is -2.42. The second-order valence-corrected chi connectivity index (χ2v) is 10.1. The van der Waals surface area contributed by atoms with Gasteiger partial charge in [0, 0.05) is 59.8 Å². The number of hydrogen-bond donors (Lipinski definition) is 3. The number of likely N-dealkylation sites (tertiary alicyclic amines) is 1. The van der Waals surface area contributed by atoms with E-state index in [9.17, 15) is 18.7 Å². The number of nitrogens with one attached hydrogen (secondary N) is 2. The number of aliphatic hydroxyl groups excluding tert-OH is 1. The summed E-state index contributed by atoms with van der Waals surface area (Å²) in [6.07, 6.45) is 3.98. The molecule has 3 aliphatic heterocycles. The quantitative estimate of drug-likeness (QED) is 0.473. The Balaban J connectivity index is 1.35. The molecule has 37 heavy (non-hydrogen) atoms. The molecule has 0 aliphatic carbocycles. The molecule has 1 fully saturated rings. The minimum atomic E-state index is -1.03. The third kappa shape index (κ3) is 4.14. The number of nitrogens with zero attached hydrogens (tertiary/aromatic N) is 2. The van der Waals surface area contributed by atoms with Gasteiger partial charge in [-0.05, 0) is 62.2 Å². The van der Waals surface area contributed by atoms with Crippen LogP contribution in [0.15, 0.2) is 36.4 Å². The molecule has 0 spiro atoms. The summed E-state index contributed by atoms with van der Waals surface area (Å²) in [4.78, 5) is 21.1. The van der Waals surface area contributed by atoms with Gasteiger partial charge in [-0.15, -0.1) is 0 Å². The predicted octanol–water partition coefficient (Wildman–Crippen LogP) is 4.65. The van der Waals surface area contributed by atoms with Gasteiger partial charge in [-0.2, -0.15) is 0 Å². The molecule has 3 N–H and O–H groups in total. The molecule has 8 heteroatoms. The average Bonchev–Trinajstić information content (AvgIpc) is 3.59. The summed E-state index contributed by atoms with van der Waals surface area (Å²) in [5.41, 5.74) is 5.57. The first-order valence-corrected chi connectivity index (χ1v) is 12.9. The average molecular weight is 505 g/mol. The molecule has 6 rings (SSSR count). The summed E-state index contributed by atoms with van der Waals surface area (Å²) >= 11 is 0. The zero-order valence-corrected chi connectivity index (χ0v) is 20.8. The zero-order valence-electron chi connectivity index (χ0n) is 20.8. The van der Waals surface area contributed by atoms with Crippen LogP contribution in [0.5, 0.6) is 0 Å². The summed E-state index contributed by atoms with van der Waals surface area (Å²) in [6, 6.07) is 9.36. The van der Waals surface area contributed by atoms with Crippen molar-refractivity contribution in [3.8, 4) is 11.1 Å². The fourth-order valence-corrected chi connectivity index (χ4v) is 5.88. The van der Waals surface area contributed by atoms with Crippen LogP contribution in [-0.4, -0.2) is 64.7 Å². The van der Waals surface area contributed by atoms with Crippen LogP contribution in [0.1, 0.15) is 45.7 Å². The van der Waals surface area contributed by atoms with E-state index < -0.39 is 17.9 Å². The van der Waals surface area contributed by atoms with Crippen molar-refractivity contribution in [2.75, 3.05) is 38.0 Å². The van der Waals surface area contributed by atoms with E-state index in [-0.39, 0.29) is 11.5 Å². The molecule has 0 saturated carbocycles. The standard InChI is InChI=1S/C29H30F2N4O2/c1-17-24(32-23-10-13-35(29(37)25(17)23)15-14-34-11-2-3-12-34)16-20-26-18(6-5-9-22(26)33-28(20)36)19-7-4-8-21(30)27(19)31/h4-9,16,28,32-33,36H,2-3,10-15H2,1H3/b20-16-. The molecule has 0 bridgehead atoms. The number of H-pyrrole nitrogens is 1. The largest absolute Gasteiger partial charge is 0.369 e. The highest BCUT2D eigenvalue weighted by Gasteiger charge is 2.32. The van der Waals surface area contributed by atoms with Gasteiger partial charge in [-0.3, -0.25) is 4.79 Å². The lowest BCUT2D eigenvalue weighted by Gasteiger charge is -2.29. The van der Waals surface area contributed by atoms with Crippen molar-refractivity contribution in [1.29, 1.82) is 0 Å². The topological polar surface area (TPSA) is 71.6 Å². The van der Waals surface area contributed by atoms with Gasteiger partial charge < -0.3 is 25.2 Å². The Bertz CT molecular complexity index is 1410. The van der Waals surface area contributed by atoms with E-state index in [1.165, 1.54) is 25.0 Å². The monoisotopic (exact) mass is 504 g/mol. The van der Waals surface area contributed by atoms with Gasteiger partial charge in [0.05, 0.1) is 5.56 Å². The van der Waals surface area contributed by atoms with Gasteiger partial charge >= 0.3 is 0 Å². The molecule has 2 aromatic carbocycles. The smallest absolute Gasteiger partial charge is 0.256 e. The number of amides is 1. The van der Waals surface area contributed by atoms with Crippen molar-refractivity contribution in [3.63, 3.8) is 0 Å². The fraction of sp³-hybridized carbons (Fsp3) is 0.345. The normalized spacial score (nSPS) is 20.4. The highest BCUT2D eigenvalue weighted by atomic mass is 19.2. The molecule has 3 aromatic rings. The minimum Gasteiger partial charge on any atom is -0.369 e. The van der Waals surface area contributed by atoms with E-state index in [1.807, 2.05) is 17.9 Å². The number of rotatable bonds is 5. The van der Waals surface area contributed by atoms with Gasteiger partial charge in [0.2, 0.25) is 0 Å². The van der Waals surface area contributed by atoms with Crippen LogP contribution in [0.2, 0.25) is 0 Å². The zero-order chi connectivity index (χ0) is 25.7. The number of carbonyl (C=O) groups is 1. The number of benzene rings is 2. The maximum atomic E-state index is 14.7. The Kier molecular flexibility index (Phi) is 6.09. The molecule has 4 heterocycles. The van der Waals surface area contributed by atoms with Crippen molar-refractivity contribution in [3.05, 3.63) is 76.1 Å². The van der Waals surface area contributed by atoms with Crippen molar-refractivity contribution in [1.82, 2.24) is 14.8 Å². The summed E-state index contributed by atoms with van der Waals surface area (Å²) in [5, 5.41) is 13.9. The molecule has 0 radical (unpaired) electrons. The molecule has 6 nitrogen and oxygen atoms in total. The lowest BCUT2D eigenvalue weighted by atomic mass is 9.93. The second kappa shape index (κ2) is 9.43. The van der Waals surface area contributed by atoms with E-state index in [0.29, 0.717) is 34.5 Å². The molecule has 3 aliphatic rings. The number of aromatic amines is 1. The lowest BCUT2D eigenvalue weighted by molar-refractivity contribution is 0.0723. The summed E-state index contributed by atoms with van der Waals surface area (Å²) in [6.45, 7) is 6.41. The van der Waals surface area contributed by atoms with E-state index in [0.717, 1.165) is 55.6 Å². The first kappa shape index (κ1) is 23.9. The molecule has 1 aromatic heterocycles. The van der Waals surface area contributed by atoms with Gasteiger partial charge in [0.25, 0.3) is 5.91 Å². The second-order valence-electron chi connectivity index (χ2n) is 10.1. The van der Waals surface area contributed by atoms with Crippen LogP contribution in [0.4, 0.5) is 14.5 Å². The fourth-order valence-electron chi connectivity index (χ4n) is 5.88. The molecular weight excluding hydrogens is 474 g/mol. The molecule has 1 unspecified atom stereocenters. The van der Waals surface area contributed by atoms with Crippen molar-refractivity contribution in [2.24, 2.45) is 0 Å². The molecular formula is C29H30F2N4O2. The molecule has 1 saturated heterocycles. The van der Waals surface area contributed by atoms with E-state index in [2.05, 4.69) is 15.2 Å². The summed E-state index contributed by atoms with van der Waals surface area (Å²) in [5.74, 6) is -1.82. The van der Waals surface area contributed by atoms with Crippen LogP contribution in [0.3, 0.4) is 0 Å². The Hall–Kier alpha value is -3.49. The number of aromatic nitrogens is 1. The number of carbonyl (C=O) groups excluding carboxylic acids is 1. The van der Waals surface area contributed by atoms with E-state index >= 15 is 0 Å². The van der Waals surface area contributed by atoms with Gasteiger partial charge in [0.1, 0.15) is 0 Å². The molecule has 192 valence electrons. The van der Waals surface area contributed by atoms with Crippen LogP contribution < -0.4 is 5.32 Å². The van der Waals surface area contributed by atoms with Gasteiger partial charge in [-0.1, -0.05) is 24.3 Å². The first-order valence-electron chi connectivity index (χ1n) is 12.9. The summed E-state index contributed by atoms with van der Waals surface area (Å²) < 4.78 is 28.8. The number of anilines is 1. The minimum absolute atomic E-state index is 0.0341. The SMILES string of the molecule is Cc1c(/C=C2/c3c(cccc3-c3cccc(F)c3F)NC2O)[nH]c2c1C(=O)N(CCN1CCCC1)CC2. The molecule has 1 atom stereocenters. The van der Waals surface area contributed by atoms with Crippen molar-refractivity contribution < 1.29 is 18.7 Å². The molecule has 1 amide bonds. The van der Waals surface area contributed by atoms with Gasteiger partial charge in [0.15, 0.2) is 17.9 Å². The number of halogens is 2. The van der Waals surface area contributed by atoms with Crippen molar-refractivity contribution in [2.45, 2.75) is 32.4 Å². The highest BCUT2D eigenvalue weighted by molar-refractivity contribution is 6.02. The Morgan fingerprint density at radius 1 is 1.03 bits per heavy atom. The van der Waals surface area contributed by atoms with Crippen LogP contribution in [-0.2, 0) is 6.42 Å². The number of fused-ring (bicyclic) bond motifs is 2. The van der Waals surface area contributed by atoms with Crippen molar-refractivity contribution >= 4 is 23.2 Å². The first-order chi connectivity index (χ1) is 17.9. The van der Waals surface area contributed by atoms with E-state index in [4.69, 9.17) is 0 Å². The Morgan fingerprint density at radius 3 is 2.59 bits per heavy atom. The highest BCUT2D eigenvalue weighted by Crippen LogP contribution is 2.43. The van der Waals surface area contributed by atoms with Crippen LogP contribution >= 0.6 is 0 Å². The Morgan fingerprint density at radius 2 is 1.78 bits per heavy atom. The maximum Gasteiger partial charge on any atom is 0.256 e. The summed E-state index contributed by atoms with van der Waals surface area (Å²) in [7, 11) is 0. The van der Waals surface area contributed by atoms with Crippen LogP contribution in [0, 0.1) is 18.6 Å².